The van der Waals surface area contributed by atoms with E-state index >= 15 is 0 Å². The predicted octanol–water partition coefficient (Wildman–Crippen LogP) is 4.01. The van der Waals surface area contributed by atoms with Crippen molar-refractivity contribution in [2.45, 2.75) is 57.1 Å². The van der Waals surface area contributed by atoms with E-state index < -0.39 is 0 Å². The molecule has 0 radical (unpaired) electrons. The van der Waals surface area contributed by atoms with Crippen molar-refractivity contribution in [3.05, 3.63) is 36.7 Å². The highest BCUT2D eigenvalue weighted by Gasteiger charge is 2.26. The van der Waals surface area contributed by atoms with E-state index in [0.717, 1.165) is 16.6 Å². The minimum absolute atomic E-state index is 0.134. The molecule has 136 valence electrons. The molecule has 2 rings (SSSR count). The molecule has 25 heavy (non-hydrogen) atoms. The molecule has 0 bridgehead atoms. The second-order valence-electron chi connectivity index (χ2n) is 6.47. The maximum atomic E-state index is 12.8. The molecule has 1 heterocycles. The zero-order chi connectivity index (χ0) is 18.6. The number of benzene rings is 1. The van der Waals surface area contributed by atoms with E-state index in [2.05, 4.69) is 4.98 Å². The molecule has 1 aromatic heterocycles. The van der Waals surface area contributed by atoms with Crippen LogP contribution in [0.15, 0.2) is 41.8 Å². The molecule has 1 unspecified atom stereocenters. The van der Waals surface area contributed by atoms with Gasteiger partial charge < -0.3 is 9.64 Å². The Hall–Kier alpha value is -1.95. The smallest absolute Gasteiger partial charge is 0.236 e. The van der Waals surface area contributed by atoms with Crippen LogP contribution in [0.25, 0.3) is 5.69 Å². The van der Waals surface area contributed by atoms with E-state index in [-0.39, 0.29) is 23.2 Å². The zero-order valence-electron chi connectivity index (χ0n) is 15.8. The van der Waals surface area contributed by atoms with E-state index in [1.54, 1.807) is 13.3 Å². The average Bonchev–Trinajstić information content (AvgIpc) is 3.02. The molecular formula is C19H27N3O2S. The van der Waals surface area contributed by atoms with Gasteiger partial charge >= 0.3 is 0 Å². The van der Waals surface area contributed by atoms with Gasteiger partial charge in [-0.05, 0) is 46.8 Å². The lowest BCUT2D eigenvalue weighted by Crippen LogP contribution is -2.45. The maximum Gasteiger partial charge on any atom is 0.236 e. The van der Waals surface area contributed by atoms with Crippen molar-refractivity contribution in [2.24, 2.45) is 0 Å². The van der Waals surface area contributed by atoms with Gasteiger partial charge in [0.25, 0.3) is 0 Å². The molecule has 1 atom stereocenters. The van der Waals surface area contributed by atoms with Crippen LogP contribution in [0.4, 0.5) is 0 Å². The van der Waals surface area contributed by atoms with Crippen LogP contribution in [-0.4, -0.2) is 44.8 Å². The molecule has 0 aliphatic heterocycles. The van der Waals surface area contributed by atoms with Crippen molar-refractivity contribution >= 4 is 17.7 Å². The number of aromatic nitrogens is 2. The van der Waals surface area contributed by atoms with Crippen LogP contribution in [0.5, 0.6) is 5.75 Å². The summed E-state index contributed by atoms with van der Waals surface area (Å²) in [6, 6.07) is 8.14. The molecule has 5 nitrogen and oxygen atoms in total. The molecule has 0 aliphatic carbocycles. The maximum absolute atomic E-state index is 12.8. The standard InChI is InChI=1S/C19H27N3O2S/c1-13(2)22(14(3)4)18(23)15(5)25-19-20-10-11-21(19)16-8-7-9-17(12-16)24-6/h7-15H,1-6H3. The van der Waals surface area contributed by atoms with Crippen LogP contribution in [0.2, 0.25) is 0 Å². The first-order chi connectivity index (χ1) is 11.8. The summed E-state index contributed by atoms with van der Waals surface area (Å²) in [5, 5.41) is 0.582. The summed E-state index contributed by atoms with van der Waals surface area (Å²) in [6.45, 7) is 10.1. The topological polar surface area (TPSA) is 47.4 Å². The van der Waals surface area contributed by atoms with Crippen LogP contribution in [-0.2, 0) is 4.79 Å². The Morgan fingerprint density at radius 2 is 1.88 bits per heavy atom. The normalized spacial score (nSPS) is 12.5. The Labute approximate surface area is 154 Å². The van der Waals surface area contributed by atoms with Crippen molar-refractivity contribution in [3.8, 4) is 11.4 Å². The molecule has 0 N–H and O–H groups in total. The van der Waals surface area contributed by atoms with Crippen LogP contribution < -0.4 is 4.74 Å². The van der Waals surface area contributed by atoms with Gasteiger partial charge in [0.1, 0.15) is 5.75 Å². The van der Waals surface area contributed by atoms with E-state index in [1.807, 2.05) is 74.5 Å². The van der Waals surface area contributed by atoms with E-state index in [9.17, 15) is 4.79 Å². The highest BCUT2D eigenvalue weighted by molar-refractivity contribution is 8.00. The zero-order valence-corrected chi connectivity index (χ0v) is 16.6. The number of hydrogen-bond donors (Lipinski definition) is 0. The van der Waals surface area contributed by atoms with Crippen molar-refractivity contribution in [3.63, 3.8) is 0 Å². The molecule has 0 fully saturated rings. The summed E-state index contributed by atoms with van der Waals surface area (Å²) in [5.41, 5.74) is 0.962. The average molecular weight is 362 g/mol. The van der Waals surface area contributed by atoms with Gasteiger partial charge in [0.05, 0.1) is 18.0 Å². The number of methoxy groups -OCH3 is 1. The van der Waals surface area contributed by atoms with Gasteiger partial charge in [0.15, 0.2) is 5.16 Å². The number of carbonyl (C=O) groups is 1. The molecular weight excluding hydrogens is 334 g/mol. The first-order valence-corrected chi connectivity index (χ1v) is 9.39. The highest BCUT2D eigenvalue weighted by atomic mass is 32.2. The first-order valence-electron chi connectivity index (χ1n) is 8.51. The molecule has 1 aromatic carbocycles. The van der Waals surface area contributed by atoms with Crippen LogP contribution >= 0.6 is 11.8 Å². The van der Waals surface area contributed by atoms with Gasteiger partial charge in [0.2, 0.25) is 5.91 Å². The fourth-order valence-electron chi connectivity index (χ4n) is 2.86. The highest BCUT2D eigenvalue weighted by Crippen LogP contribution is 2.27. The van der Waals surface area contributed by atoms with Gasteiger partial charge in [-0.15, -0.1) is 0 Å². The second kappa shape index (κ2) is 8.43. The molecule has 0 saturated heterocycles. The summed E-state index contributed by atoms with van der Waals surface area (Å²) in [6.07, 6.45) is 3.65. The van der Waals surface area contributed by atoms with E-state index in [0.29, 0.717) is 0 Å². The number of nitrogens with zero attached hydrogens (tertiary/aromatic N) is 3. The fraction of sp³-hybridized carbons (Fsp3) is 0.474. The van der Waals surface area contributed by atoms with Crippen molar-refractivity contribution in [1.29, 1.82) is 0 Å². The first kappa shape index (κ1) is 19.4. The van der Waals surface area contributed by atoms with Crippen LogP contribution in [0.3, 0.4) is 0 Å². The Morgan fingerprint density at radius 1 is 1.20 bits per heavy atom. The van der Waals surface area contributed by atoms with Gasteiger partial charge in [-0.1, -0.05) is 17.8 Å². The number of imidazole rings is 1. The number of hydrogen-bond acceptors (Lipinski definition) is 4. The summed E-state index contributed by atoms with van der Waals surface area (Å²) in [7, 11) is 1.65. The Kier molecular flexibility index (Phi) is 6.53. The van der Waals surface area contributed by atoms with Crippen molar-refractivity contribution in [2.75, 3.05) is 7.11 Å². The number of ether oxygens (including phenoxy) is 1. The Bertz CT molecular complexity index is 704. The lowest BCUT2D eigenvalue weighted by molar-refractivity contribution is -0.133. The summed E-state index contributed by atoms with van der Waals surface area (Å²) < 4.78 is 7.27. The third-order valence-electron chi connectivity index (χ3n) is 3.94. The quantitative estimate of drug-likeness (QED) is 0.699. The second-order valence-corrected chi connectivity index (χ2v) is 7.78. The Balaban J connectivity index is 2.21. The van der Waals surface area contributed by atoms with Crippen LogP contribution in [0.1, 0.15) is 34.6 Å². The third kappa shape index (κ3) is 4.57. The number of carbonyl (C=O) groups excluding carboxylic acids is 1. The van der Waals surface area contributed by atoms with Gasteiger partial charge in [-0.3, -0.25) is 9.36 Å². The summed E-state index contributed by atoms with van der Waals surface area (Å²) in [5.74, 6) is 0.923. The molecule has 6 heteroatoms. The van der Waals surface area contributed by atoms with E-state index in [4.69, 9.17) is 4.74 Å². The van der Waals surface area contributed by atoms with Crippen molar-refractivity contribution < 1.29 is 9.53 Å². The van der Waals surface area contributed by atoms with Crippen LogP contribution in [0, 0.1) is 0 Å². The predicted molar refractivity (Wildman–Crippen MR) is 103 cm³/mol. The lowest BCUT2D eigenvalue weighted by atomic mass is 10.2. The van der Waals surface area contributed by atoms with Gasteiger partial charge in [0, 0.05) is 30.5 Å². The monoisotopic (exact) mass is 361 g/mol. The SMILES string of the molecule is COc1cccc(-n2ccnc2SC(C)C(=O)N(C(C)C)C(C)C)c1. The largest absolute Gasteiger partial charge is 0.497 e. The van der Waals surface area contributed by atoms with E-state index in [1.165, 1.54) is 11.8 Å². The van der Waals surface area contributed by atoms with Gasteiger partial charge in [-0.25, -0.2) is 4.98 Å². The molecule has 0 aliphatic rings. The van der Waals surface area contributed by atoms with Crippen molar-refractivity contribution in [1.82, 2.24) is 14.5 Å². The number of amides is 1. The number of rotatable bonds is 7. The Morgan fingerprint density at radius 3 is 2.48 bits per heavy atom. The molecule has 0 saturated carbocycles. The number of thioether (sulfide) groups is 1. The minimum atomic E-state index is -0.212. The molecule has 0 spiro atoms. The molecule has 2 aromatic rings. The van der Waals surface area contributed by atoms with Gasteiger partial charge in [-0.2, -0.15) is 0 Å². The summed E-state index contributed by atoms with van der Waals surface area (Å²) in [4.78, 5) is 19.2. The third-order valence-corrected chi connectivity index (χ3v) is 5.00. The molecule has 1 amide bonds. The lowest BCUT2D eigenvalue weighted by Gasteiger charge is -2.32. The minimum Gasteiger partial charge on any atom is -0.497 e. The fourth-order valence-corrected chi connectivity index (χ4v) is 3.80. The summed E-state index contributed by atoms with van der Waals surface area (Å²) >= 11 is 1.48.